The lowest BCUT2D eigenvalue weighted by Crippen LogP contribution is -2.37. The highest BCUT2D eigenvalue weighted by Crippen LogP contribution is 2.21. The third-order valence-electron chi connectivity index (χ3n) is 3.55. The van der Waals surface area contributed by atoms with Gasteiger partial charge in [0.2, 0.25) is 11.8 Å². The molecule has 2 amide bonds. The predicted molar refractivity (Wildman–Crippen MR) is 94.0 cm³/mol. The fraction of sp³-hybridized carbons (Fsp3) is 0.222. The van der Waals surface area contributed by atoms with Gasteiger partial charge in [-0.05, 0) is 49.2 Å². The molecule has 0 heterocycles. The Labute approximate surface area is 141 Å². The van der Waals surface area contributed by atoms with Gasteiger partial charge in [0.05, 0.1) is 0 Å². The maximum Gasteiger partial charge on any atom is 0.244 e. The SMILES string of the molecule is CC(=O)N(CC(=O)Nc1ccc(Cl)cc1C)c1ccccc1C. The molecule has 0 unspecified atom stereocenters. The lowest BCUT2D eigenvalue weighted by molar-refractivity contribution is -0.120. The van der Waals surface area contributed by atoms with Crippen molar-refractivity contribution in [3.05, 3.63) is 58.6 Å². The van der Waals surface area contributed by atoms with Crippen LogP contribution in [0.2, 0.25) is 5.02 Å². The molecule has 5 heteroatoms. The second kappa shape index (κ2) is 7.29. The molecule has 23 heavy (non-hydrogen) atoms. The highest BCUT2D eigenvalue weighted by molar-refractivity contribution is 6.30. The topological polar surface area (TPSA) is 49.4 Å². The summed E-state index contributed by atoms with van der Waals surface area (Å²) in [6.45, 7) is 5.19. The first-order chi connectivity index (χ1) is 10.9. The number of nitrogens with zero attached hydrogens (tertiary/aromatic N) is 1. The first-order valence-electron chi connectivity index (χ1n) is 7.28. The van der Waals surface area contributed by atoms with Crippen molar-refractivity contribution in [3.8, 4) is 0 Å². The molecule has 4 nitrogen and oxygen atoms in total. The first-order valence-corrected chi connectivity index (χ1v) is 7.66. The Balaban J connectivity index is 2.16. The number of carbonyl (C=O) groups excluding carboxylic acids is 2. The molecule has 0 fully saturated rings. The average molecular weight is 331 g/mol. The number of hydrogen-bond donors (Lipinski definition) is 1. The number of hydrogen-bond acceptors (Lipinski definition) is 2. The summed E-state index contributed by atoms with van der Waals surface area (Å²) in [5.41, 5.74) is 3.24. The van der Waals surface area contributed by atoms with Gasteiger partial charge >= 0.3 is 0 Å². The Bertz CT molecular complexity index is 744. The lowest BCUT2D eigenvalue weighted by atomic mass is 10.1. The minimum atomic E-state index is -0.256. The van der Waals surface area contributed by atoms with Crippen LogP contribution in [0.3, 0.4) is 0 Å². The first kappa shape index (κ1) is 17.0. The van der Waals surface area contributed by atoms with Crippen molar-refractivity contribution in [1.82, 2.24) is 0 Å². The molecule has 2 aromatic rings. The number of anilines is 2. The van der Waals surface area contributed by atoms with Crippen molar-refractivity contribution in [1.29, 1.82) is 0 Å². The van der Waals surface area contributed by atoms with E-state index in [1.165, 1.54) is 11.8 Å². The number of benzene rings is 2. The molecular weight excluding hydrogens is 312 g/mol. The predicted octanol–water partition coefficient (Wildman–Crippen LogP) is 3.95. The maximum absolute atomic E-state index is 12.3. The van der Waals surface area contributed by atoms with Crippen LogP contribution < -0.4 is 10.2 Å². The van der Waals surface area contributed by atoms with Crippen LogP contribution in [0.4, 0.5) is 11.4 Å². The summed E-state index contributed by atoms with van der Waals surface area (Å²) in [5.74, 6) is -0.434. The second-order valence-electron chi connectivity index (χ2n) is 5.40. The van der Waals surface area contributed by atoms with E-state index in [0.717, 1.165) is 16.8 Å². The Kier molecular flexibility index (Phi) is 5.40. The summed E-state index contributed by atoms with van der Waals surface area (Å²) >= 11 is 5.91. The van der Waals surface area contributed by atoms with Gasteiger partial charge in [0.15, 0.2) is 0 Å². The summed E-state index contributed by atoms with van der Waals surface area (Å²) < 4.78 is 0. The van der Waals surface area contributed by atoms with Gasteiger partial charge in [0, 0.05) is 23.3 Å². The maximum atomic E-state index is 12.3. The molecule has 1 N–H and O–H groups in total. The smallest absolute Gasteiger partial charge is 0.244 e. The molecule has 120 valence electrons. The number of halogens is 1. The Morgan fingerprint density at radius 2 is 1.78 bits per heavy atom. The fourth-order valence-electron chi connectivity index (χ4n) is 2.33. The molecule has 0 aliphatic heterocycles. The van der Waals surface area contributed by atoms with Gasteiger partial charge in [-0.25, -0.2) is 0 Å². The van der Waals surface area contributed by atoms with Crippen LogP contribution in [0.5, 0.6) is 0 Å². The standard InChI is InChI=1S/C18H19ClN2O2/c1-12-6-4-5-7-17(12)21(14(3)22)11-18(23)20-16-9-8-15(19)10-13(16)2/h4-10H,11H2,1-3H3,(H,20,23). The summed E-state index contributed by atoms with van der Waals surface area (Å²) in [6.07, 6.45) is 0. The highest BCUT2D eigenvalue weighted by Gasteiger charge is 2.17. The van der Waals surface area contributed by atoms with E-state index < -0.39 is 0 Å². The molecule has 0 atom stereocenters. The van der Waals surface area contributed by atoms with E-state index in [1.54, 1.807) is 18.2 Å². The Morgan fingerprint density at radius 1 is 1.09 bits per heavy atom. The van der Waals surface area contributed by atoms with Crippen LogP contribution in [-0.4, -0.2) is 18.4 Å². The van der Waals surface area contributed by atoms with E-state index in [0.29, 0.717) is 10.7 Å². The van der Waals surface area contributed by atoms with Gasteiger partial charge in [-0.3, -0.25) is 9.59 Å². The zero-order valence-electron chi connectivity index (χ0n) is 13.4. The molecule has 0 aliphatic carbocycles. The zero-order chi connectivity index (χ0) is 17.0. The number of amides is 2. The van der Waals surface area contributed by atoms with E-state index in [9.17, 15) is 9.59 Å². The van der Waals surface area contributed by atoms with Gasteiger partial charge in [-0.1, -0.05) is 29.8 Å². The van der Waals surface area contributed by atoms with Gasteiger partial charge in [0.25, 0.3) is 0 Å². The minimum Gasteiger partial charge on any atom is -0.324 e. The average Bonchev–Trinajstić information content (AvgIpc) is 2.48. The lowest BCUT2D eigenvalue weighted by Gasteiger charge is -2.22. The molecule has 0 aliphatic rings. The molecule has 0 spiro atoms. The van der Waals surface area contributed by atoms with Crippen LogP contribution >= 0.6 is 11.6 Å². The normalized spacial score (nSPS) is 10.3. The molecule has 0 saturated carbocycles. The van der Waals surface area contributed by atoms with E-state index in [2.05, 4.69) is 5.32 Å². The van der Waals surface area contributed by atoms with Gasteiger partial charge in [-0.2, -0.15) is 0 Å². The second-order valence-corrected chi connectivity index (χ2v) is 5.84. The van der Waals surface area contributed by atoms with Crippen LogP contribution in [0.1, 0.15) is 18.1 Å². The van der Waals surface area contributed by atoms with Gasteiger partial charge < -0.3 is 10.2 Å². The van der Waals surface area contributed by atoms with Crippen LogP contribution in [0, 0.1) is 13.8 Å². The largest absolute Gasteiger partial charge is 0.324 e. The number of rotatable bonds is 4. The molecule has 0 aromatic heterocycles. The van der Waals surface area contributed by atoms with Crippen LogP contribution in [0.15, 0.2) is 42.5 Å². The minimum absolute atomic E-state index is 0.0394. The van der Waals surface area contributed by atoms with Crippen LogP contribution in [0.25, 0.3) is 0 Å². The fourth-order valence-corrected chi connectivity index (χ4v) is 2.56. The highest BCUT2D eigenvalue weighted by atomic mass is 35.5. The van der Waals surface area contributed by atoms with Gasteiger partial charge in [-0.15, -0.1) is 0 Å². The van der Waals surface area contributed by atoms with Crippen LogP contribution in [-0.2, 0) is 9.59 Å². The summed E-state index contributed by atoms with van der Waals surface area (Å²) in [6, 6.07) is 12.7. The van der Waals surface area contributed by atoms with E-state index >= 15 is 0 Å². The number of carbonyl (C=O) groups is 2. The zero-order valence-corrected chi connectivity index (χ0v) is 14.1. The third-order valence-corrected chi connectivity index (χ3v) is 3.79. The number of para-hydroxylation sites is 1. The molecule has 2 aromatic carbocycles. The molecule has 2 rings (SSSR count). The monoisotopic (exact) mass is 330 g/mol. The molecule has 0 bridgehead atoms. The molecule has 0 radical (unpaired) electrons. The summed E-state index contributed by atoms with van der Waals surface area (Å²) in [7, 11) is 0. The Morgan fingerprint density at radius 3 is 2.39 bits per heavy atom. The van der Waals surface area contributed by atoms with E-state index in [1.807, 2.05) is 38.1 Å². The number of aryl methyl sites for hydroxylation is 2. The quantitative estimate of drug-likeness (QED) is 0.922. The van der Waals surface area contributed by atoms with Crippen molar-refractivity contribution in [2.45, 2.75) is 20.8 Å². The number of nitrogens with one attached hydrogen (secondary N) is 1. The summed E-state index contributed by atoms with van der Waals surface area (Å²) in [5, 5.41) is 3.44. The Hall–Kier alpha value is -2.33. The summed E-state index contributed by atoms with van der Waals surface area (Å²) in [4.78, 5) is 25.7. The third kappa shape index (κ3) is 4.33. The molecular formula is C18H19ClN2O2. The van der Waals surface area contributed by atoms with Gasteiger partial charge in [0.1, 0.15) is 6.54 Å². The van der Waals surface area contributed by atoms with E-state index in [4.69, 9.17) is 11.6 Å². The van der Waals surface area contributed by atoms with Crippen molar-refractivity contribution < 1.29 is 9.59 Å². The van der Waals surface area contributed by atoms with Crippen molar-refractivity contribution in [2.75, 3.05) is 16.8 Å². The van der Waals surface area contributed by atoms with Crippen molar-refractivity contribution >= 4 is 34.8 Å². The van der Waals surface area contributed by atoms with E-state index in [-0.39, 0.29) is 18.4 Å². The van der Waals surface area contributed by atoms with Crippen molar-refractivity contribution in [2.24, 2.45) is 0 Å². The van der Waals surface area contributed by atoms with Crippen molar-refractivity contribution in [3.63, 3.8) is 0 Å². The molecule has 0 saturated heterocycles.